The number of nitrogens with zero attached hydrogens (tertiary/aromatic N) is 2. The summed E-state index contributed by atoms with van der Waals surface area (Å²) >= 11 is 1.88. The van der Waals surface area contributed by atoms with Gasteiger partial charge in [-0.15, -0.1) is 10.2 Å². The van der Waals surface area contributed by atoms with E-state index in [0.29, 0.717) is 16.8 Å². The zero-order valence-corrected chi connectivity index (χ0v) is 12.2. The minimum Gasteiger partial charge on any atom is -0.369 e. The minimum atomic E-state index is -0.123. The Labute approximate surface area is 118 Å². The zero-order valence-electron chi connectivity index (χ0n) is 11.3. The third-order valence-electron chi connectivity index (χ3n) is 3.31. The average Bonchev–Trinajstić information content (AvgIpc) is 2.87. The van der Waals surface area contributed by atoms with Gasteiger partial charge in [0.15, 0.2) is 5.69 Å². The van der Waals surface area contributed by atoms with E-state index in [1.165, 1.54) is 6.42 Å². The van der Waals surface area contributed by atoms with E-state index in [0.717, 1.165) is 19.4 Å². The van der Waals surface area contributed by atoms with Crippen LogP contribution in [-0.2, 0) is 0 Å². The highest BCUT2D eigenvalue weighted by atomic mass is 32.2. The molecule has 0 bridgehead atoms. The van der Waals surface area contributed by atoms with Gasteiger partial charge in [0.05, 0.1) is 0 Å². The first-order valence-electron chi connectivity index (χ1n) is 6.64. The summed E-state index contributed by atoms with van der Waals surface area (Å²) in [6, 6.07) is 3.77. The molecule has 19 heavy (non-hydrogen) atoms. The van der Waals surface area contributed by atoms with Gasteiger partial charge >= 0.3 is 0 Å². The number of rotatable bonds is 5. The number of anilines is 1. The highest BCUT2D eigenvalue weighted by molar-refractivity contribution is 7.99. The molecule has 1 aromatic rings. The predicted molar refractivity (Wildman–Crippen MR) is 78.6 cm³/mol. The highest BCUT2D eigenvalue weighted by Gasteiger charge is 2.25. The molecule has 2 atom stereocenters. The molecule has 2 unspecified atom stereocenters. The van der Waals surface area contributed by atoms with Gasteiger partial charge in [-0.05, 0) is 44.6 Å². The van der Waals surface area contributed by atoms with Crippen molar-refractivity contribution in [3.8, 4) is 0 Å². The molecule has 1 fully saturated rings. The van der Waals surface area contributed by atoms with Crippen molar-refractivity contribution in [3.05, 3.63) is 17.8 Å². The van der Waals surface area contributed by atoms with Crippen LogP contribution in [0.3, 0.4) is 0 Å². The van der Waals surface area contributed by atoms with Crippen molar-refractivity contribution in [2.24, 2.45) is 0 Å². The van der Waals surface area contributed by atoms with Crippen LogP contribution in [0.2, 0.25) is 0 Å². The van der Waals surface area contributed by atoms with Crippen LogP contribution < -0.4 is 10.6 Å². The lowest BCUT2D eigenvalue weighted by Crippen LogP contribution is -2.33. The Balaban J connectivity index is 1.89. The molecule has 1 aliphatic carbocycles. The smallest absolute Gasteiger partial charge is 0.272 e. The second-order valence-corrected chi connectivity index (χ2v) is 5.81. The van der Waals surface area contributed by atoms with E-state index in [4.69, 9.17) is 0 Å². The van der Waals surface area contributed by atoms with Crippen LogP contribution in [-0.4, -0.2) is 40.2 Å². The van der Waals surface area contributed by atoms with Gasteiger partial charge in [0.25, 0.3) is 5.91 Å². The quantitative estimate of drug-likeness (QED) is 0.862. The molecule has 1 heterocycles. The third-order valence-corrected chi connectivity index (χ3v) is 4.40. The van der Waals surface area contributed by atoms with Crippen LogP contribution in [0.1, 0.15) is 36.7 Å². The fraction of sp³-hybridized carbons (Fsp3) is 0.615. The number of nitrogens with one attached hydrogen (secondary N) is 2. The lowest BCUT2D eigenvalue weighted by atomic mass is 10.2. The fourth-order valence-electron chi connectivity index (χ4n) is 2.27. The van der Waals surface area contributed by atoms with Gasteiger partial charge in [-0.25, -0.2) is 0 Å². The molecule has 1 aromatic heterocycles. The van der Waals surface area contributed by atoms with Crippen molar-refractivity contribution in [1.29, 1.82) is 0 Å². The summed E-state index contributed by atoms with van der Waals surface area (Å²) in [7, 11) is 0. The number of amides is 1. The molecular weight excluding hydrogens is 260 g/mol. The summed E-state index contributed by atoms with van der Waals surface area (Å²) in [6.45, 7) is 2.78. The van der Waals surface area contributed by atoms with Crippen molar-refractivity contribution in [3.63, 3.8) is 0 Å². The number of aromatic nitrogens is 2. The summed E-state index contributed by atoms with van der Waals surface area (Å²) in [4.78, 5) is 12.0. The maximum absolute atomic E-state index is 12.0. The standard InChI is InChI=1S/C13H20N4OS/c1-3-14-12-7-6-11(16-17-12)13(18)15-9-4-5-10(8-9)19-2/h6-7,9-10H,3-5,8H2,1-2H3,(H,14,17)(H,15,18). The molecule has 0 aliphatic heterocycles. The molecule has 5 nitrogen and oxygen atoms in total. The summed E-state index contributed by atoms with van der Waals surface area (Å²) < 4.78 is 0. The van der Waals surface area contributed by atoms with E-state index in [9.17, 15) is 4.79 Å². The molecule has 1 aliphatic rings. The molecule has 1 amide bonds. The summed E-state index contributed by atoms with van der Waals surface area (Å²) in [5.74, 6) is 0.574. The topological polar surface area (TPSA) is 66.9 Å². The summed E-state index contributed by atoms with van der Waals surface area (Å²) in [5.41, 5.74) is 0.384. The highest BCUT2D eigenvalue weighted by Crippen LogP contribution is 2.28. The van der Waals surface area contributed by atoms with Gasteiger partial charge in [0.2, 0.25) is 0 Å². The van der Waals surface area contributed by atoms with Crippen molar-refractivity contribution in [2.45, 2.75) is 37.5 Å². The first-order valence-corrected chi connectivity index (χ1v) is 7.93. The van der Waals surface area contributed by atoms with E-state index in [2.05, 4.69) is 27.1 Å². The molecule has 104 valence electrons. The van der Waals surface area contributed by atoms with Gasteiger partial charge in [-0.3, -0.25) is 4.79 Å². The largest absolute Gasteiger partial charge is 0.369 e. The van der Waals surface area contributed by atoms with Crippen LogP contribution in [0.4, 0.5) is 5.82 Å². The number of hydrogen-bond donors (Lipinski definition) is 2. The molecular formula is C13H20N4OS. The maximum Gasteiger partial charge on any atom is 0.272 e. The Kier molecular flexibility index (Phi) is 5.01. The van der Waals surface area contributed by atoms with Crippen molar-refractivity contribution in [1.82, 2.24) is 15.5 Å². The molecule has 0 radical (unpaired) electrons. The SMILES string of the molecule is CCNc1ccc(C(=O)NC2CCC(SC)C2)nn1. The van der Waals surface area contributed by atoms with Crippen molar-refractivity contribution >= 4 is 23.5 Å². The van der Waals surface area contributed by atoms with E-state index < -0.39 is 0 Å². The second-order valence-electron chi connectivity index (χ2n) is 4.68. The van der Waals surface area contributed by atoms with Gasteiger partial charge in [-0.2, -0.15) is 11.8 Å². The molecule has 6 heteroatoms. The average molecular weight is 280 g/mol. The van der Waals surface area contributed by atoms with E-state index in [1.807, 2.05) is 18.7 Å². The molecule has 1 saturated carbocycles. The van der Waals surface area contributed by atoms with Crippen LogP contribution >= 0.6 is 11.8 Å². The minimum absolute atomic E-state index is 0.123. The van der Waals surface area contributed by atoms with E-state index >= 15 is 0 Å². The fourth-order valence-corrected chi connectivity index (χ4v) is 3.07. The summed E-state index contributed by atoms with van der Waals surface area (Å²) in [6.07, 6.45) is 5.41. The normalized spacial score (nSPS) is 22.2. The van der Waals surface area contributed by atoms with Crippen LogP contribution in [0, 0.1) is 0 Å². The van der Waals surface area contributed by atoms with Gasteiger partial charge in [0.1, 0.15) is 5.82 Å². The number of thioether (sulfide) groups is 1. The van der Waals surface area contributed by atoms with Gasteiger partial charge in [-0.1, -0.05) is 0 Å². The Hall–Kier alpha value is -1.30. The Morgan fingerprint density at radius 1 is 1.42 bits per heavy atom. The van der Waals surface area contributed by atoms with Gasteiger partial charge in [0, 0.05) is 17.8 Å². The number of carbonyl (C=O) groups excluding carboxylic acids is 1. The Bertz CT molecular complexity index is 423. The molecule has 2 rings (SSSR count). The van der Waals surface area contributed by atoms with Gasteiger partial charge < -0.3 is 10.6 Å². The predicted octanol–water partition coefficient (Wildman–Crippen LogP) is 1.92. The van der Waals surface area contributed by atoms with Crippen LogP contribution in [0.25, 0.3) is 0 Å². The molecule has 2 N–H and O–H groups in total. The lowest BCUT2D eigenvalue weighted by Gasteiger charge is -2.12. The van der Waals surface area contributed by atoms with Crippen molar-refractivity contribution < 1.29 is 4.79 Å². The molecule has 0 spiro atoms. The zero-order chi connectivity index (χ0) is 13.7. The first kappa shape index (κ1) is 14.1. The van der Waals surface area contributed by atoms with E-state index in [-0.39, 0.29) is 11.9 Å². The first-order chi connectivity index (χ1) is 9.22. The monoisotopic (exact) mass is 280 g/mol. The maximum atomic E-state index is 12.0. The molecule has 0 saturated heterocycles. The number of carbonyl (C=O) groups is 1. The Morgan fingerprint density at radius 2 is 2.26 bits per heavy atom. The third kappa shape index (κ3) is 3.83. The number of hydrogen-bond acceptors (Lipinski definition) is 5. The Morgan fingerprint density at radius 3 is 2.84 bits per heavy atom. The lowest BCUT2D eigenvalue weighted by molar-refractivity contribution is 0.0932. The van der Waals surface area contributed by atoms with Crippen molar-refractivity contribution in [2.75, 3.05) is 18.1 Å². The van der Waals surface area contributed by atoms with Crippen LogP contribution in [0.15, 0.2) is 12.1 Å². The van der Waals surface area contributed by atoms with E-state index in [1.54, 1.807) is 12.1 Å². The molecule has 0 aromatic carbocycles. The second kappa shape index (κ2) is 6.75. The summed E-state index contributed by atoms with van der Waals surface area (Å²) in [5, 5.41) is 14.7. The van der Waals surface area contributed by atoms with Crippen LogP contribution in [0.5, 0.6) is 0 Å².